The van der Waals surface area contributed by atoms with E-state index in [-0.39, 0.29) is 6.04 Å². The summed E-state index contributed by atoms with van der Waals surface area (Å²) in [6.07, 6.45) is 7.95. The maximum Gasteiger partial charge on any atom is 0.113 e. The fraction of sp³-hybridized carbons (Fsp3) is 0.364. The molecule has 0 radical (unpaired) electrons. The third kappa shape index (κ3) is 3.39. The van der Waals surface area contributed by atoms with Crippen LogP contribution < -0.4 is 5.32 Å². The molecule has 0 spiro atoms. The van der Waals surface area contributed by atoms with Gasteiger partial charge in [-0.15, -0.1) is 6.42 Å². The number of halogens is 2. The number of hydrogen-bond acceptors (Lipinski definition) is 2. The van der Waals surface area contributed by atoms with Gasteiger partial charge in [-0.25, -0.2) is 0 Å². The Balaban J connectivity index is 2.88. The van der Waals surface area contributed by atoms with Gasteiger partial charge in [0.05, 0.1) is 15.7 Å². The van der Waals surface area contributed by atoms with E-state index < -0.39 is 0 Å². The molecule has 1 heterocycles. The molecule has 1 aromatic rings. The van der Waals surface area contributed by atoms with Crippen molar-refractivity contribution in [3.63, 3.8) is 0 Å². The third-order valence-corrected chi connectivity index (χ3v) is 2.38. The summed E-state index contributed by atoms with van der Waals surface area (Å²) in [4.78, 5) is 4.13. The van der Waals surface area contributed by atoms with Crippen LogP contribution in [0.4, 0.5) is 0 Å². The van der Waals surface area contributed by atoms with Crippen molar-refractivity contribution in [3.05, 3.63) is 28.0 Å². The normalized spacial score (nSPS) is 12.1. The van der Waals surface area contributed by atoms with Crippen LogP contribution in [0, 0.1) is 12.3 Å². The number of terminal acetylenes is 1. The molecule has 1 atom stereocenters. The number of nitrogens with zero attached hydrogens (tertiary/aromatic N) is 1. The quantitative estimate of drug-likeness (QED) is 0.822. The van der Waals surface area contributed by atoms with Crippen LogP contribution in [0.15, 0.2) is 12.3 Å². The van der Waals surface area contributed by atoms with Gasteiger partial charge in [0.15, 0.2) is 0 Å². The largest absolute Gasteiger partial charge is 0.299 e. The zero-order valence-electron chi connectivity index (χ0n) is 8.43. The first kappa shape index (κ1) is 12.3. The van der Waals surface area contributed by atoms with Crippen LogP contribution in [0.1, 0.15) is 25.1 Å². The Bertz CT molecular complexity index is 371. The summed E-state index contributed by atoms with van der Waals surface area (Å²) in [5.74, 6) is 2.61. The first-order chi connectivity index (χ1) is 7.19. The zero-order chi connectivity index (χ0) is 11.3. The van der Waals surface area contributed by atoms with Gasteiger partial charge in [-0.2, -0.15) is 0 Å². The lowest BCUT2D eigenvalue weighted by molar-refractivity contribution is 0.614. The molecule has 0 fully saturated rings. The van der Waals surface area contributed by atoms with Gasteiger partial charge in [0.2, 0.25) is 0 Å². The lowest BCUT2D eigenvalue weighted by atomic mass is 10.2. The molecule has 1 unspecified atom stereocenters. The summed E-state index contributed by atoms with van der Waals surface area (Å²) >= 11 is 11.7. The second-order valence-electron chi connectivity index (χ2n) is 3.07. The molecule has 0 saturated carbocycles. The van der Waals surface area contributed by atoms with E-state index in [9.17, 15) is 0 Å². The summed E-state index contributed by atoms with van der Waals surface area (Å²) in [6, 6.07) is 1.39. The second-order valence-corrected chi connectivity index (χ2v) is 3.92. The van der Waals surface area contributed by atoms with E-state index >= 15 is 0 Å². The van der Waals surface area contributed by atoms with Crippen molar-refractivity contribution in [3.8, 4) is 12.3 Å². The van der Waals surface area contributed by atoms with Crippen LogP contribution in [-0.2, 0) is 0 Å². The highest BCUT2D eigenvalue weighted by Crippen LogP contribution is 2.23. The van der Waals surface area contributed by atoms with E-state index in [1.165, 1.54) is 0 Å². The number of nitrogens with one attached hydrogen (secondary N) is 1. The molecule has 1 rings (SSSR count). The summed E-state index contributed by atoms with van der Waals surface area (Å²) in [6.45, 7) is 2.90. The van der Waals surface area contributed by atoms with Crippen molar-refractivity contribution in [2.45, 2.75) is 19.4 Å². The van der Waals surface area contributed by atoms with E-state index in [0.29, 0.717) is 15.7 Å². The van der Waals surface area contributed by atoms with Crippen LogP contribution >= 0.6 is 23.2 Å². The van der Waals surface area contributed by atoms with Gasteiger partial charge in [0.1, 0.15) is 6.04 Å². The van der Waals surface area contributed by atoms with Gasteiger partial charge >= 0.3 is 0 Å². The fourth-order valence-electron chi connectivity index (χ4n) is 1.16. The van der Waals surface area contributed by atoms with Crippen LogP contribution in [0.3, 0.4) is 0 Å². The van der Waals surface area contributed by atoms with E-state index in [4.69, 9.17) is 29.6 Å². The summed E-state index contributed by atoms with van der Waals surface area (Å²) in [7, 11) is 0. The highest BCUT2D eigenvalue weighted by atomic mass is 35.5. The third-order valence-electron chi connectivity index (χ3n) is 1.87. The molecule has 4 heteroatoms. The average Bonchev–Trinajstić information content (AvgIpc) is 2.21. The maximum absolute atomic E-state index is 6.00. The highest BCUT2D eigenvalue weighted by Gasteiger charge is 2.12. The monoisotopic (exact) mass is 242 g/mol. The zero-order valence-corrected chi connectivity index (χ0v) is 9.94. The average molecular weight is 243 g/mol. The number of pyridine rings is 1. The molecule has 0 aliphatic heterocycles. The predicted octanol–water partition coefficient (Wildman–Crippen LogP) is 3.06. The van der Waals surface area contributed by atoms with Crippen molar-refractivity contribution in [2.24, 2.45) is 0 Å². The van der Waals surface area contributed by atoms with Gasteiger partial charge in [-0.1, -0.05) is 36.0 Å². The summed E-state index contributed by atoms with van der Waals surface area (Å²) in [5.41, 5.74) is 0.650. The number of hydrogen-bond donors (Lipinski definition) is 1. The first-order valence-electron chi connectivity index (χ1n) is 4.69. The molecule has 0 aliphatic carbocycles. The minimum Gasteiger partial charge on any atom is -0.299 e. The molecule has 0 aliphatic rings. The molecular weight excluding hydrogens is 231 g/mol. The number of aromatic nitrogens is 1. The molecule has 80 valence electrons. The van der Waals surface area contributed by atoms with E-state index in [2.05, 4.69) is 23.1 Å². The Kier molecular flexibility index (Phi) is 4.90. The molecule has 15 heavy (non-hydrogen) atoms. The molecule has 1 N–H and O–H groups in total. The minimum absolute atomic E-state index is 0.255. The van der Waals surface area contributed by atoms with Gasteiger partial charge < -0.3 is 0 Å². The topological polar surface area (TPSA) is 24.9 Å². The van der Waals surface area contributed by atoms with Crippen LogP contribution in [0.5, 0.6) is 0 Å². The standard InChI is InChI=1S/C11H12Cl2N2/c1-3-5-14-10(4-2)11-9(13)6-8(12)7-15-11/h2,6-7,10,14H,3,5H2,1H3. The van der Waals surface area contributed by atoms with Gasteiger partial charge in [-0.3, -0.25) is 10.3 Å². The van der Waals surface area contributed by atoms with Gasteiger partial charge in [0, 0.05) is 6.20 Å². The number of rotatable bonds is 4. The Labute approximate surface area is 100.0 Å². The van der Waals surface area contributed by atoms with E-state index in [0.717, 1.165) is 13.0 Å². The molecule has 1 aromatic heterocycles. The highest BCUT2D eigenvalue weighted by molar-refractivity contribution is 6.34. The molecule has 0 amide bonds. The minimum atomic E-state index is -0.255. The smallest absolute Gasteiger partial charge is 0.113 e. The van der Waals surface area contributed by atoms with Crippen LogP contribution in [0.25, 0.3) is 0 Å². The van der Waals surface area contributed by atoms with Crippen molar-refractivity contribution < 1.29 is 0 Å². The first-order valence-corrected chi connectivity index (χ1v) is 5.45. The van der Waals surface area contributed by atoms with Crippen molar-refractivity contribution in [2.75, 3.05) is 6.54 Å². The Morgan fingerprint density at radius 3 is 2.87 bits per heavy atom. The predicted molar refractivity (Wildman–Crippen MR) is 64.1 cm³/mol. The lowest BCUT2D eigenvalue weighted by Crippen LogP contribution is -2.21. The SMILES string of the molecule is C#CC(NCCC)c1ncc(Cl)cc1Cl. The Hall–Kier alpha value is -0.750. The maximum atomic E-state index is 6.00. The van der Waals surface area contributed by atoms with Gasteiger partial charge in [-0.05, 0) is 19.0 Å². The lowest BCUT2D eigenvalue weighted by Gasteiger charge is -2.13. The van der Waals surface area contributed by atoms with Crippen LogP contribution in [0.2, 0.25) is 10.0 Å². The molecule has 0 saturated heterocycles. The van der Waals surface area contributed by atoms with Crippen molar-refractivity contribution in [1.82, 2.24) is 10.3 Å². The Morgan fingerprint density at radius 1 is 1.60 bits per heavy atom. The van der Waals surface area contributed by atoms with Crippen molar-refractivity contribution >= 4 is 23.2 Å². The van der Waals surface area contributed by atoms with Crippen LogP contribution in [-0.4, -0.2) is 11.5 Å². The van der Waals surface area contributed by atoms with E-state index in [1.807, 2.05) is 0 Å². The molecular formula is C11H12Cl2N2. The molecule has 0 bridgehead atoms. The second kappa shape index (κ2) is 5.97. The van der Waals surface area contributed by atoms with Gasteiger partial charge in [0.25, 0.3) is 0 Å². The summed E-state index contributed by atoms with van der Waals surface area (Å²) < 4.78 is 0. The summed E-state index contributed by atoms with van der Waals surface area (Å²) in [5, 5.41) is 4.17. The molecule has 2 nitrogen and oxygen atoms in total. The Morgan fingerprint density at radius 2 is 2.33 bits per heavy atom. The van der Waals surface area contributed by atoms with Crippen molar-refractivity contribution in [1.29, 1.82) is 0 Å². The fourth-order valence-corrected chi connectivity index (χ4v) is 1.65. The van der Waals surface area contributed by atoms with E-state index in [1.54, 1.807) is 12.3 Å². The molecule has 0 aromatic carbocycles.